The molecule has 0 spiro atoms. The highest BCUT2D eigenvalue weighted by Gasteiger charge is 2.10. The SMILES string of the molecule is CC(C)Oc1cccc(C(Cl)Cc2ccc(F)cc2)c1. The van der Waals surface area contributed by atoms with Crippen LogP contribution in [0.4, 0.5) is 4.39 Å². The third kappa shape index (κ3) is 4.24. The molecular weight excluding hydrogens is 275 g/mol. The summed E-state index contributed by atoms with van der Waals surface area (Å²) in [5.41, 5.74) is 2.02. The standard InChI is InChI=1S/C17H18ClFO/c1-12(2)20-16-5-3-4-14(11-16)17(18)10-13-6-8-15(19)9-7-13/h3-9,11-12,17H,10H2,1-2H3. The number of halogens is 2. The highest BCUT2D eigenvalue weighted by Crippen LogP contribution is 2.28. The van der Waals surface area contributed by atoms with E-state index < -0.39 is 0 Å². The van der Waals surface area contributed by atoms with Gasteiger partial charge >= 0.3 is 0 Å². The van der Waals surface area contributed by atoms with Crippen LogP contribution in [0.25, 0.3) is 0 Å². The van der Waals surface area contributed by atoms with Gasteiger partial charge in [-0.3, -0.25) is 0 Å². The summed E-state index contributed by atoms with van der Waals surface area (Å²) >= 11 is 6.44. The van der Waals surface area contributed by atoms with Gasteiger partial charge in [0.1, 0.15) is 11.6 Å². The van der Waals surface area contributed by atoms with Crippen molar-refractivity contribution in [2.24, 2.45) is 0 Å². The smallest absolute Gasteiger partial charge is 0.123 e. The molecule has 0 aliphatic rings. The summed E-state index contributed by atoms with van der Waals surface area (Å²) in [5, 5.41) is -0.156. The van der Waals surface area contributed by atoms with Crippen LogP contribution in [-0.4, -0.2) is 6.10 Å². The summed E-state index contributed by atoms with van der Waals surface area (Å²) in [6.07, 6.45) is 0.795. The topological polar surface area (TPSA) is 9.23 Å². The molecule has 0 fully saturated rings. The molecule has 0 amide bonds. The number of hydrogen-bond acceptors (Lipinski definition) is 1. The van der Waals surface area contributed by atoms with Crippen LogP contribution in [0.3, 0.4) is 0 Å². The molecule has 1 atom stereocenters. The average molecular weight is 293 g/mol. The molecule has 2 aromatic rings. The molecule has 0 N–H and O–H groups in total. The maximum absolute atomic E-state index is 12.9. The Bertz CT molecular complexity index is 551. The zero-order valence-electron chi connectivity index (χ0n) is 11.6. The van der Waals surface area contributed by atoms with E-state index in [0.29, 0.717) is 6.42 Å². The van der Waals surface area contributed by atoms with Crippen LogP contribution in [0, 0.1) is 5.82 Å². The van der Waals surface area contributed by atoms with E-state index in [-0.39, 0.29) is 17.3 Å². The van der Waals surface area contributed by atoms with Crippen molar-refractivity contribution in [3.8, 4) is 5.75 Å². The van der Waals surface area contributed by atoms with Crippen LogP contribution in [0.15, 0.2) is 48.5 Å². The molecule has 3 heteroatoms. The van der Waals surface area contributed by atoms with Gasteiger partial charge < -0.3 is 4.74 Å². The Morgan fingerprint density at radius 1 is 1.10 bits per heavy atom. The second-order valence-electron chi connectivity index (χ2n) is 5.04. The molecule has 0 aliphatic heterocycles. The summed E-state index contributed by atoms with van der Waals surface area (Å²) in [6.45, 7) is 3.98. The minimum absolute atomic E-state index is 0.135. The maximum atomic E-state index is 12.9. The quantitative estimate of drug-likeness (QED) is 0.694. The van der Waals surface area contributed by atoms with Crippen molar-refractivity contribution in [2.75, 3.05) is 0 Å². The first-order valence-electron chi connectivity index (χ1n) is 6.69. The fourth-order valence-electron chi connectivity index (χ4n) is 2.00. The summed E-state index contributed by atoms with van der Waals surface area (Å²) < 4.78 is 18.5. The van der Waals surface area contributed by atoms with Gasteiger partial charge in [0.15, 0.2) is 0 Å². The number of alkyl halides is 1. The normalized spacial score (nSPS) is 12.4. The molecule has 0 aromatic heterocycles. The van der Waals surface area contributed by atoms with E-state index >= 15 is 0 Å². The van der Waals surface area contributed by atoms with Crippen LogP contribution in [0.1, 0.15) is 30.4 Å². The zero-order valence-corrected chi connectivity index (χ0v) is 12.4. The first kappa shape index (κ1) is 14.9. The molecular formula is C17H18ClFO. The number of hydrogen-bond donors (Lipinski definition) is 0. The lowest BCUT2D eigenvalue weighted by molar-refractivity contribution is 0.242. The predicted octanol–water partition coefficient (Wildman–Crippen LogP) is 5.14. The Labute approximate surface area is 124 Å². The van der Waals surface area contributed by atoms with Gasteiger partial charge in [-0.2, -0.15) is 0 Å². The highest BCUT2D eigenvalue weighted by atomic mass is 35.5. The van der Waals surface area contributed by atoms with Gasteiger partial charge in [-0.1, -0.05) is 24.3 Å². The average Bonchev–Trinajstić information content (AvgIpc) is 2.41. The Balaban J connectivity index is 2.08. The van der Waals surface area contributed by atoms with E-state index in [0.717, 1.165) is 16.9 Å². The van der Waals surface area contributed by atoms with E-state index in [2.05, 4.69) is 0 Å². The number of rotatable bonds is 5. The second kappa shape index (κ2) is 6.76. The van der Waals surface area contributed by atoms with Gasteiger partial charge in [0.05, 0.1) is 11.5 Å². The molecule has 20 heavy (non-hydrogen) atoms. The Morgan fingerprint density at radius 3 is 2.45 bits per heavy atom. The predicted molar refractivity (Wildman–Crippen MR) is 80.9 cm³/mol. The third-order valence-electron chi connectivity index (χ3n) is 2.92. The van der Waals surface area contributed by atoms with Crippen LogP contribution in [0.5, 0.6) is 5.75 Å². The van der Waals surface area contributed by atoms with E-state index in [4.69, 9.17) is 16.3 Å². The molecule has 0 bridgehead atoms. The lowest BCUT2D eigenvalue weighted by Gasteiger charge is -2.14. The minimum Gasteiger partial charge on any atom is -0.491 e. The molecule has 2 rings (SSSR count). The van der Waals surface area contributed by atoms with Crippen molar-refractivity contribution in [3.05, 3.63) is 65.5 Å². The van der Waals surface area contributed by atoms with Crippen LogP contribution < -0.4 is 4.74 Å². The molecule has 1 nitrogen and oxygen atoms in total. The van der Waals surface area contributed by atoms with Gasteiger partial charge in [-0.05, 0) is 55.7 Å². The van der Waals surface area contributed by atoms with E-state index in [9.17, 15) is 4.39 Å². The monoisotopic (exact) mass is 292 g/mol. The van der Waals surface area contributed by atoms with Crippen molar-refractivity contribution in [1.82, 2.24) is 0 Å². The molecule has 1 unspecified atom stereocenters. The summed E-state index contributed by atoms with van der Waals surface area (Å²) in [4.78, 5) is 0. The number of benzene rings is 2. The minimum atomic E-state index is -0.229. The largest absolute Gasteiger partial charge is 0.491 e. The van der Waals surface area contributed by atoms with E-state index in [1.807, 2.05) is 38.1 Å². The summed E-state index contributed by atoms with van der Waals surface area (Å²) in [7, 11) is 0. The molecule has 2 aromatic carbocycles. The summed E-state index contributed by atoms with van der Waals surface area (Å²) in [6, 6.07) is 14.2. The van der Waals surface area contributed by atoms with E-state index in [1.165, 1.54) is 12.1 Å². The molecule has 0 saturated carbocycles. The Hall–Kier alpha value is -1.54. The van der Waals surface area contributed by atoms with Gasteiger partial charge in [-0.25, -0.2) is 4.39 Å². The number of ether oxygens (including phenoxy) is 1. The van der Waals surface area contributed by atoms with Crippen LogP contribution >= 0.6 is 11.6 Å². The van der Waals surface area contributed by atoms with Crippen molar-refractivity contribution in [2.45, 2.75) is 31.7 Å². The second-order valence-corrected chi connectivity index (χ2v) is 5.56. The first-order chi connectivity index (χ1) is 9.54. The van der Waals surface area contributed by atoms with Gasteiger partial charge in [0.2, 0.25) is 0 Å². The van der Waals surface area contributed by atoms with Crippen molar-refractivity contribution in [3.63, 3.8) is 0 Å². The van der Waals surface area contributed by atoms with Crippen LogP contribution in [-0.2, 0) is 6.42 Å². The van der Waals surface area contributed by atoms with Crippen molar-refractivity contribution < 1.29 is 9.13 Å². The maximum Gasteiger partial charge on any atom is 0.123 e. The Kier molecular flexibility index (Phi) is 5.02. The fraction of sp³-hybridized carbons (Fsp3) is 0.294. The molecule has 0 saturated heterocycles. The van der Waals surface area contributed by atoms with Crippen LogP contribution in [0.2, 0.25) is 0 Å². The first-order valence-corrected chi connectivity index (χ1v) is 7.13. The van der Waals surface area contributed by atoms with Gasteiger partial charge in [0, 0.05) is 0 Å². The fourth-order valence-corrected chi connectivity index (χ4v) is 2.31. The van der Waals surface area contributed by atoms with Gasteiger partial charge in [0.25, 0.3) is 0 Å². The van der Waals surface area contributed by atoms with Crippen molar-refractivity contribution >= 4 is 11.6 Å². The lowest BCUT2D eigenvalue weighted by Crippen LogP contribution is -2.06. The lowest BCUT2D eigenvalue weighted by atomic mass is 10.0. The van der Waals surface area contributed by atoms with Crippen molar-refractivity contribution in [1.29, 1.82) is 0 Å². The molecule has 0 heterocycles. The molecule has 0 radical (unpaired) electrons. The zero-order chi connectivity index (χ0) is 14.5. The van der Waals surface area contributed by atoms with E-state index in [1.54, 1.807) is 12.1 Å². The summed E-state index contributed by atoms with van der Waals surface area (Å²) in [5.74, 6) is 0.592. The third-order valence-corrected chi connectivity index (χ3v) is 3.33. The highest BCUT2D eigenvalue weighted by molar-refractivity contribution is 6.20. The van der Waals surface area contributed by atoms with Gasteiger partial charge in [-0.15, -0.1) is 11.6 Å². The molecule has 106 valence electrons. The Morgan fingerprint density at radius 2 is 1.80 bits per heavy atom. The molecule has 0 aliphatic carbocycles.